The van der Waals surface area contributed by atoms with Gasteiger partial charge in [0.05, 0.1) is 11.0 Å². The molecule has 0 N–H and O–H groups in total. The molecule has 0 amide bonds. The van der Waals surface area contributed by atoms with E-state index in [2.05, 4.69) is 205 Å². The van der Waals surface area contributed by atoms with Crippen molar-refractivity contribution >= 4 is 82.1 Å². The topological polar surface area (TPSA) is 4.93 Å². The van der Waals surface area contributed by atoms with Crippen LogP contribution in [0.25, 0.3) is 58.8 Å². The fourth-order valence-corrected chi connectivity index (χ4v) is 14.7. The standard InChI is InChI=1S/C48H33NSSi/c1-3-18-35(19-4-1)51(36-20-5-2-6-21-36,37-22-15-17-34(33-37)49-44-29-11-7-23-38(44)39-24-8-12-30-45(39)49)47-32-14-10-26-41(47)43-28-16-27-42-40-25-9-13-31-46(40)50-48(42)43/h1-33H. The summed E-state index contributed by atoms with van der Waals surface area (Å²) in [7, 11) is -2.94. The monoisotopic (exact) mass is 683 g/mol. The van der Waals surface area contributed by atoms with Crippen molar-refractivity contribution in [1.29, 1.82) is 0 Å². The van der Waals surface area contributed by atoms with Crippen molar-refractivity contribution < 1.29 is 0 Å². The third-order valence-corrected chi connectivity index (χ3v) is 16.6. The van der Waals surface area contributed by atoms with Crippen molar-refractivity contribution in [2.75, 3.05) is 0 Å². The van der Waals surface area contributed by atoms with Crippen LogP contribution in [0, 0.1) is 0 Å². The third-order valence-electron chi connectivity index (χ3n) is 10.6. The summed E-state index contributed by atoms with van der Waals surface area (Å²) in [5.74, 6) is 0. The van der Waals surface area contributed by atoms with Gasteiger partial charge in [-0.25, -0.2) is 0 Å². The highest BCUT2D eigenvalue weighted by atomic mass is 32.1. The Labute approximate surface area is 302 Å². The predicted octanol–water partition coefficient (Wildman–Crippen LogP) is 10.2. The number of nitrogens with zero attached hydrogens (tertiary/aromatic N) is 1. The van der Waals surface area contributed by atoms with Crippen LogP contribution >= 0.6 is 11.3 Å². The summed E-state index contributed by atoms with van der Waals surface area (Å²) in [5, 5.41) is 10.7. The van der Waals surface area contributed by atoms with Gasteiger partial charge >= 0.3 is 0 Å². The maximum absolute atomic E-state index is 2.94. The van der Waals surface area contributed by atoms with Crippen LogP contribution in [0.5, 0.6) is 0 Å². The lowest BCUT2D eigenvalue weighted by Gasteiger charge is -2.36. The molecule has 0 unspecified atom stereocenters. The lowest BCUT2D eigenvalue weighted by Crippen LogP contribution is -2.75. The number of thiophene rings is 1. The summed E-state index contributed by atoms with van der Waals surface area (Å²) in [6, 6.07) is 74.5. The zero-order chi connectivity index (χ0) is 33.8. The van der Waals surface area contributed by atoms with E-state index in [0.717, 1.165) is 0 Å². The molecule has 1 nitrogen and oxygen atoms in total. The second-order valence-corrected chi connectivity index (χ2v) is 18.1. The van der Waals surface area contributed by atoms with Gasteiger partial charge in [-0.3, -0.25) is 0 Å². The highest BCUT2D eigenvalue weighted by Crippen LogP contribution is 2.40. The minimum atomic E-state index is -2.94. The van der Waals surface area contributed by atoms with Gasteiger partial charge in [-0.2, -0.15) is 0 Å². The second-order valence-electron chi connectivity index (χ2n) is 13.2. The van der Waals surface area contributed by atoms with Gasteiger partial charge in [0, 0.05) is 36.6 Å². The summed E-state index contributed by atoms with van der Waals surface area (Å²) in [6.45, 7) is 0. The molecule has 8 aromatic carbocycles. The summed E-state index contributed by atoms with van der Waals surface area (Å²) in [5.41, 5.74) is 6.22. The highest BCUT2D eigenvalue weighted by molar-refractivity contribution is 7.26. The number of fused-ring (bicyclic) bond motifs is 6. The lowest BCUT2D eigenvalue weighted by atomic mass is 10.0. The summed E-state index contributed by atoms with van der Waals surface area (Å²) in [6.07, 6.45) is 0. The van der Waals surface area contributed by atoms with E-state index in [4.69, 9.17) is 0 Å². The number of aromatic nitrogens is 1. The highest BCUT2D eigenvalue weighted by Gasteiger charge is 2.43. The number of hydrogen-bond donors (Lipinski definition) is 0. The van der Waals surface area contributed by atoms with Gasteiger partial charge in [-0.1, -0.05) is 170 Å². The molecule has 51 heavy (non-hydrogen) atoms. The zero-order valence-electron chi connectivity index (χ0n) is 27.9. The zero-order valence-corrected chi connectivity index (χ0v) is 29.7. The van der Waals surface area contributed by atoms with E-state index in [0.29, 0.717) is 0 Å². The molecule has 3 heteroatoms. The normalized spacial score (nSPS) is 11.9. The van der Waals surface area contributed by atoms with E-state index in [1.807, 2.05) is 11.3 Å². The van der Waals surface area contributed by atoms with E-state index in [-0.39, 0.29) is 0 Å². The molecule has 0 bridgehead atoms. The fraction of sp³-hybridized carbons (Fsp3) is 0. The number of hydrogen-bond acceptors (Lipinski definition) is 1. The molecule has 10 aromatic rings. The van der Waals surface area contributed by atoms with E-state index >= 15 is 0 Å². The largest absolute Gasteiger partial charge is 0.309 e. The summed E-state index contributed by atoms with van der Waals surface area (Å²) in [4.78, 5) is 0. The maximum Gasteiger partial charge on any atom is 0.180 e. The first-order chi connectivity index (χ1) is 25.3. The Morgan fingerprint density at radius 2 is 0.882 bits per heavy atom. The predicted molar refractivity (Wildman–Crippen MR) is 223 cm³/mol. The minimum Gasteiger partial charge on any atom is -0.309 e. The summed E-state index contributed by atoms with van der Waals surface area (Å²) >= 11 is 1.90. The van der Waals surface area contributed by atoms with Crippen LogP contribution in [0.1, 0.15) is 0 Å². The Hall–Kier alpha value is -6.00. The van der Waals surface area contributed by atoms with Crippen LogP contribution < -0.4 is 20.7 Å². The van der Waals surface area contributed by atoms with Crippen molar-refractivity contribution in [1.82, 2.24) is 4.57 Å². The van der Waals surface area contributed by atoms with Gasteiger partial charge < -0.3 is 4.57 Å². The molecule has 0 fully saturated rings. The lowest BCUT2D eigenvalue weighted by molar-refractivity contribution is 1.18. The minimum absolute atomic E-state index is 1.18. The van der Waals surface area contributed by atoms with Crippen molar-refractivity contribution in [2.24, 2.45) is 0 Å². The van der Waals surface area contributed by atoms with Crippen molar-refractivity contribution in [3.63, 3.8) is 0 Å². The molecule has 0 saturated carbocycles. The molecule has 0 atom stereocenters. The fourth-order valence-electron chi connectivity index (χ4n) is 8.43. The smallest absolute Gasteiger partial charge is 0.180 e. The van der Waals surface area contributed by atoms with Crippen LogP contribution in [0.3, 0.4) is 0 Å². The second kappa shape index (κ2) is 12.1. The maximum atomic E-state index is 2.49. The molecule has 0 aliphatic heterocycles. The van der Waals surface area contributed by atoms with Crippen LogP contribution in [-0.4, -0.2) is 12.6 Å². The average Bonchev–Trinajstić information content (AvgIpc) is 3.76. The molecule has 0 aliphatic carbocycles. The van der Waals surface area contributed by atoms with E-state index < -0.39 is 8.07 Å². The van der Waals surface area contributed by atoms with Crippen LogP contribution in [-0.2, 0) is 0 Å². The third kappa shape index (κ3) is 4.59. The van der Waals surface area contributed by atoms with Gasteiger partial charge in [0.15, 0.2) is 8.07 Å². The van der Waals surface area contributed by atoms with Crippen molar-refractivity contribution in [2.45, 2.75) is 0 Å². The van der Waals surface area contributed by atoms with Crippen LogP contribution in [0.2, 0.25) is 0 Å². The first kappa shape index (κ1) is 29.9. The van der Waals surface area contributed by atoms with Gasteiger partial charge in [0.2, 0.25) is 0 Å². The number of benzene rings is 8. The first-order valence-electron chi connectivity index (χ1n) is 17.5. The molecule has 0 spiro atoms. The molecule has 2 aromatic heterocycles. The number of rotatable bonds is 6. The molecule has 0 radical (unpaired) electrons. The Kier molecular flexibility index (Phi) is 7.09. The molecule has 2 heterocycles. The SMILES string of the molecule is c1ccc([Si](c2ccccc2)(c2cccc(-n3c4ccccc4c4ccccc43)c2)c2ccccc2-c2cccc3c2sc2ccccc23)cc1. The molecular formula is C48H33NSSi. The summed E-state index contributed by atoms with van der Waals surface area (Å²) < 4.78 is 5.12. The van der Waals surface area contributed by atoms with E-state index in [1.165, 1.54) is 79.5 Å². The Bertz CT molecular complexity index is 2770. The molecule has 240 valence electrons. The molecule has 10 rings (SSSR count). The Morgan fingerprint density at radius 3 is 1.59 bits per heavy atom. The molecule has 0 saturated heterocycles. The Morgan fingerprint density at radius 1 is 0.373 bits per heavy atom. The van der Waals surface area contributed by atoms with Crippen LogP contribution in [0.4, 0.5) is 0 Å². The van der Waals surface area contributed by atoms with Crippen molar-refractivity contribution in [3.8, 4) is 16.8 Å². The average molecular weight is 684 g/mol. The van der Waals surface area contributed by atoms with Gasteiger partial charge in [0.1, 0.15) is 0 Å². The van der Waals surface area contributed by atoms with Crippen LogP contribution in [0.15, 0.2) is 200 Å². The van der Waals surface area contributed by atoms with Gasteiger partial charge in [-0.15, -0.1) is 11.3 Å². The van der Waals surface area contributed by atoms with Crippen molar-refractivity contribution in [3.05, 3.63) is 200 Å². The first-order valence-corrected chi connectivity index (χ1v) is 20.3. The molecular weight excluding hydrogens is 651 g/mol. The molecule has 0 aliphatic rings. The van der Waals surface area contributed by atoms with Gasteiger partial charge in [0.25, 0.3) is 0 Å². The van der Waals surface area contributed by atoms with E-state index in [1.54, 1.807) is 0 Å². The quantitative estimate of drug-likeness (QED) is 0.121. The Balaban J connectivity index is 1.32. The number of para-hydroxylation sites is 2. The van der Waals surface area contributed by atoms with E-state index in [9.17, 15) is 0 Å². The van der Waals surface area contributed by atoms with Gasteiger partial charge in [-0.05, 0) is 62.2 Å².